The van der Waals surface area contributed by atoms with E-state index in [2.05, 4.69) is 41.5 Å². The minimum atomic E-state index is 0.280. The molecule has 6 aliphatic carbocycles. The van der Waals surface area contributed by atoms with Crippen LogP contribution in [-0.4, -0.2) is 19.7 Å². The fraction of sp³-hybridized carbons (Fsp3) is 0.567. The molecule has 34 heavy (non-hydrogen) atoms. The van der Waals surface area contributed by atoms with E-state index in [1.54, 1.807) is 0 Å². The smallest absolute Gasteiger partial charge is 0.159 e. The minimum Gasteiger partial charge on any atom is -0.275 e. The van der Waals surface area contributed by atoms with Crippen LogP contribution in [0.5, 0.6) is 0 Å². The number of aryl methyl sites for hydroxylation is 1. The number of rotatable bonds is 4. The summed E-state index contributed by atoms with van der Waals surface area (Å²) in [5.41, 5.74) is 6.56. The Balaban J connectivity index is 1.36. The van der Waals surface area contributed by atoms with Gasteiger partial charge >= 0.3 is 0 Å². The average molecular weight is 453 g/mol. The molecular weight excluding hydrogens is 416 g/mol. The molecule has 0 N–H and O–H groups in total. The largest absolute Gasteiger partial charge is 0.275 e. The molecule has 4 nitrogen and oxygen atoms in total. The van der Waals surface area contributed by atoms with Crippen LogP contribution in [0.1, 0.15) is 88.4 Å². The van der Waals surface area contributed by atoms with Crippen LogP contribution in [0.3, 0.4) is 0 Å². The summed E-state index contributed by atoms with van der Waals surface area (Å²) < 4.78 is 1.87. The first-order valence-corrected chi connectivity index (χ1v) is 13.6. The number of benzene rings is 1. The van der Waals surface area contributed by atoms with Crippen LogP contribution in [-0.2, 0) is 17.9 Å². The number of hydrogen-bond donors (Lipinski definition) is 0. The van der Waals surface area contributed by atoms with E-state index >= 15 is 0 Å². The number of fused-ring (bicyclic) bond motifs is 6. The van der Waals surface area contributed by atoms with Crippen LogP contribution in [0.4, 0.5) is 0 Å². The predicted octanol–water partition coefficient (Wildman–Crippen LogP) is 6.99. The van der Waals surface area contributed by atoms with Crippen molar-refractivity contribution < 1.29 is 0 Å². The molecule has 0 unspecified atom stereocenters. The molecule has 4 bridgehead atoms. The normalized spacial score (nSPS) is 32.3. The Labute approximate surface area is 203 Å². The molecule has 6 saturated carbocycles. The molecular formula is C30H36N4. The maximum absolute atomic E-state index is 5.37. The molecule has 2 heterocycles. The van der Waals surface area contributed by atoms with Crippen LogP contribution in [0, 0.1) is 11.8 Å². The summed E-state index contributed by atoms with van der Waals surface area (Å²) in [6.07, 6.45) is 18.2. The second kappa shape index (κ2) is 7.76. The second-order valence-corrected chi connectivity index (χ2v) is 11.9. The van der Waals surface area contributed by atoms with E-state index in [-0.39, 0.29) is 10.8 Å². The van der Waals surface area contributed by atoms with Crippen molar-refractivity contribution in [2.24, 2.45) is 18.9 Å². The number of nitrogens with zero attached hydrogens (tertiary/aromatic N) is 4. The second-order valence-electron chi connectivity index (χ2n) is 11.9. The van der Waals surface area contributed by atoms with Gasteiger partial charge in [0.05, 0.1) is 17.1 Å². The van der Waals surface area contributed by atoms with Gasteiger partial charge in [-0.05, 0) is 107 Å². The molecule has 0 spiro atoms. The zero-order chi connectivity index (χ0) is 22.8. The van der Waals surface area contributed by atoms with Gasteiger partial charge in [-0.2, -0.15) is 5.10 Å². The van der Waals surface area contributed by atoms with Crippen molar-refractivity contribution >= 4 is 0 Å². The van der Waals surface area contributed by atoms with Gasteiger partial charge in [0.25, 0.3) is 0 Å². The van der Waals surface area contributed by atoms with Gasteiger partial charge in [-0.15, -0.1) is 0 Å². The Morgan fingerprint density at radius 2 is 1.24 bits per heavy atom. The Kier molecular flexibility index (Phi) is 4.76. The molecule has 0 saturated heterocycles. The summed E-state index contributed by atoms with van der Waals surface area (Å²) in [6, 6.07) is 13.3. The van der Waals surface area contributed by atoms with Crippen LogP contribution in [0.25, 0.3) is 22.6 Å². The van der Waals surface area contributed by atoms with Gasteiger partial charge in [0.15, 0.2) is 5.82 Å². The van der Waals surface area contributed by atoms with E-state index < -0.39 is 0 Å². The lowest BCUT2D eigenvalue weighted by molar-refractivity contribution is 0.125. The zero-order valence-electron chi connectivity index (χ0n) is 20.5. The standard InChI is InChI=1S/C30H36N4/c1-34-18-11-25(33-34)23-3-2-4-24(19-23)28-31-26(29-12-5-21(6-13-29)7-14-29)20-27(32-28)30-15-8-22(9-16-30)10-17-30/h2-4,11,18-22H,5-10,12-17H2,1H3. The quantitative estimate of drug-likeness (QED) is 0.428. The van der Waals surface area contributed by atoms with Crippen molar-refractivity contribution in [3.63, 3.8) is 0 Å². The molecule has 0 atom stereocenters. The van der Waals surface area contributed by atoms with E-state index in [4.69, 9.17) is 9.97 Å². The maximum Gasteiger partial charge on any atom is 0.159 e. The summed E-state index contributed by atoms with van der Waals surface area (Å²) in [5, 5.41) is 4.63. The van der Waals surface area contributed by atoms with Crippen LogP contribution < -0.4 is 0 Å². The Morgan fingerprint density at radius 3 is 1.74 bits per heavy atom. The van der Waals surface area contributed by atoms with Crippen molar-refractivity contribution in [3.05, 3.63) is 54.0 Å². The minimum absolute atomic E-state index is 0.280. The summed E-state index contributed by atoms with van der Waals surface area (Å²) in [6.45, 7) is 0. The van der Waals surface area contributed by atoms with Crippen molar-refractivity contribution in [2.75, 3.05) is 0 Å². The molecule has 3 aromatic rings. The van der Waals surface area contributed by atoms with E-state index in [0.717, 1.165) is 34.5 Å². The van der Waals surface area contributed by atoms with E-state index in [1.807, 2.05) is 17.9 Å². The van der Waals surface area contributed by atoms with E-state index in [0.29, 0.717) is 0 Å². The van der Waals surface area contributed by atoms with Gasteiger partial charge in [-0.3, -0.25) is 4.68 Å². The third-order valence-electron chi connectivity index (χ3n) is 10.1. The predicted molar refractivity (Wildman–Crippen MR) is 135 cm³/mol. The lowest BCUT2D eigenvalue weighted by Crippen LogP contribution is -2.41. The summed E-state index contributed by atoms with van der Waals surface area (Å²) >= 11 is 0. The molecule has 2 aromatic heterocycles. The summed E-state index contributed by atoms with van der Waals surface area (Å²) in [5.74, 6) is 2.87. The van der Waals surface area contributed by atoms with Gasteiger partial charge in [0.2, 0.25) is 0 Å². The maximum atomic E-state index is 5.37. The van der Waals surface area contributed by atoms with Crippen molar-refractivity contribution in [2.45, 2.75) is 87.9 Å². The number of hydrogen-bond acceptors (Lipinski definition) is 3. The molecule has 6 fully saturated rings. The third-order valence-corrected chi connectivity index (χ3v) is 10.1. The SMILES string of the molecule is Cn1ccc(-c2cccc(-c3nc(C45CCC(CC4)CC5)cc(C45CCC(CC4)CC5)n3)c2)n1. The van der Waals surface area contributed by atoms with Crippen LogP contribution >= 0.6 is 0 Å². The number of aromatic nitrogens is 4. The highest BCUT2D eigenvalue weighted by molar-refractivity contribution is 5.68. The van der Waals surface area contributed by atoms with Gasteiger partial charge in [-0.1, -0.05) is 18.2 Å². The lowest BCUT2D eigenvalue weighted by atomic mass is 9.57. The molecule has 6 aliphatic rings. The molecule has 0 aliphatic heterocycles. The topological polar surface area (TPSA) is 43.6 Å². The van der Waals surface area contributed by atoms with Crippen LogP contribution in [0.2, 0.25) is 0 Å². The van der Waals surface area contributed by atoms with Crippen molar-refractivity contribution in [1.82, 2.24) is 19.7 Å². The fourth-order valence-electron chi connectivity index (χ4n) is 7.77. The summed E-state index contributed by atoms with van der Waals surface area (Å²) in [7, 11) is 1.97. The summed E-state index contributed by atoms with van der Waals surface area (Å²) in [4.78, 5) is 10.7. The Hall–Kier alpha value is -2.49. The molecule has 1 aromatic carbocycles. The zero-order valence-corrected chi connectivity index (χ0v) is 20.5. The average Bonchev–Trinajstić information content (AvgIpc) is 3.37. The first kappa shape index (κ1) is 20.8. The monoisotopic (exact) mass is 452 g/mol. The Morgan fingerprint density at radius 1 is 0.706 bits per heavy atom. The van der Waals surface area contributed by atoms with E-state index in [9.17, 15) is 0 Å². The van der Waals surface area contributed by atoms with Crippen molar-refractivity contribution in [3.8, 4) is 22.6 Å². The molecule has 9 rings (SSSR count). The highest BCUT2D eigenvalue weighted by Gasteiger charge is 2.46. The fourth-order valence-corrected chi connectivity index (χ4v) is 7.77. The van der Waals surface area contributed by atoms with Gasteiger partial charge in [-0.25, -0.2) is 9.97 Å². The molecule has 0 amide bonds. The van der Waals surface area contributed by atoms with Gasteiger partial charge in [0, 0.05) is 35.2 Å². The van der Waals surface area contributed by atoms with Crippen molar-refractivity contribution in [1.29, 1.82) is 0 Å². The highest BCUT2D eigenvalue weighted by Crippen LogP contribution is 2.54. The first-order chi connectivity index (χ1) is 16.6. The lowest BCUT2D eigenvalue weighted by Gasteiger charge is -2.48. The third kappa shape index (κ3) is 3.36. The molecule has 0 radical (unpaired) electrons. The first-order valence-electron chi connectivity index (χ1n) is 13.6. The van der Waals surface area contributed by atoms with Crippen LogP contribution in [0.15, 0.2) is 42.6 Å². The van der Waals surface area contributed by atoms with Gasteiger partial charge < -0.3 is 0 Å². The highest BCUT2D eigenvalue weighted by atomic mass is 15.2. The van der Waals surface area contributed by atoms with Gasteiger partial charge in [0.1, 0.15) is 0 Å². The van der Waals surface area contributed by atoms with E-state index in [1.165, 1.54) is 88.4 Å². The molecule has 176 valence electrons. The molecule has 4 heteroatoms. The Bertz CT molecular complexity index is 1130.